The third-order valence-electron chi connectivity index (χ3n) is 3.59. The molecule has 0 fully saturated rings. The van der Waals surface area contributed by atoms with Crippen molar-refractivity contribution in [2.24, 2.45) is 0 Å². The van der Waals surface area contributed by atoms with Crippen LogP contribution in [0.1, 0.15) is 48.7 Å². The highest BCUT2D eigenvalue weighted by Crippen LogP contribution is 2.23. The van der Waals surface area contributed by atoms with E-state index in [1.807, 2.05) is 12.1 Å². The van der Waals surface area contributed by atoms with Gasteiger partial charge in [-0.15, -0.1) is 0 Å². The zero-order chi connectivity index (χ0) is 14.7. The minimum Gasteiger partial charge on any atom is -0.383 e. The average molecular weight is 268 g/mol. The highest BCUT2D eigenvalue weighted by Gasteiger charge is 2.18. The van der Waals surface area contributed by atoms with Crippen molar-refractivity contribution in [3.05, 3.63) is 46.6 Å². The van der Waals surface area contributed by atoms with Gasteiger partial charge in [0.25, 0.3) is 0 Å². The maximum Gasteiger partial charge on any atom is 0.140 e. The number of rotatable bonds is 4. The van der Waals surface area contributed by atoms with Gasteiger partial charge in [-0.1, -0.05) is 36.8 Å². The van der Waals surface area contributed by atoms with E-state index in [2.05, 4.69) is 44.1 Å². The lowest BCUT2D eigenvalue weighted by Gasteiger charge is -2.10. The number of benzene rings is 1. The molecule has 0 bridgehead atoms. The Hall–Kier alpha value is -2.28. The summed E-state index contributed by atoms with van der Waals surface area (Å²) < 4.78 is 1.77. The highest BCUT2D eigenvalue weighted by molar-refractivity contribution is 5.53. The molecule has 104 valence electrons. The van der Waals surface area contributed by atoms with Crippen LogP contribution in [0, 0.1) is 18.3 Å². The van der Waals surface area contributed by atoms with Gasteiger partial charge in [-0.2, -0.15) is 10.4 Å². The van der Waals surface area contributed by atoms with E-state index in [4.69, 9.17) is 5.73 Å². The van der Waals surface area contributed by atoms with Gasteiger partial charge in [0.1, 0.15) is 17.5 Å². The summed E-state index contributed by atoms with van der Waals surface area (Å²) in [5, 5.41) is 13.9. The summed E-state index contributed by atoms with van der Waals surface area (Å²) in [6, 6.07) is 10.6. The molecule has 2 aromatic rings. The Morgan fingerprint density at radius 1 is 1.45 bits per heavy atom. The molecule has 20 heavy (non-hydrogen) atoms. The Morgan fingerprint density at radius 3 is 2.80 bits per heavy atom. The molecule has 0 spiro atoms. The first-order valence-corrected chi connectivity index (χ1v) is 6.89. The van der Waals surface area contributed by atoms with Gasteiger partial charge in [-0.05, 0) is 25.8 Å². The molecule has 0 amide bonds. The number of hydrogen-bond donors (Lipinski definition) is 1. The maximum absolute atomic E-state index is 9.32. The standard InChI is InChI=1S/C16H20N4/c1-4-12(3)20-16(18)14(10-17)15(19-20)9-13-7-5-6-11(2)8-13/h5-8,12H,4,9,18H2,1-3H3/t12-/m0/s1. The number of nitrogens with two attached hydrogens (primary N) is 1. The van der Waals surface area contributed by atoms with Gasteiger partial charge < -0.3 is 5.73 Å². The first-order valence-electron chi connectivity index (χ1n) is 6.89. The zero-order valence-corrected chi connectivity index (χ0v) is 12.2. The van der Waals surface area contributed by atoms with Crippen molar-refractivity contribution in [3.8, 4) is 6.07 Å². The Bertz CT molecular complexity index is 649. The van der Waals surface area contributed by atoms with E-state index in [9.17, 15) is 5.26 Å². The van der Waals surface area contributed by atoms with Crippen molar-refractivity contribution >= 4 is 5.82 Å². The van der Waals surface area contributed by atoms with Crippen LogP contribution in [0.4, 0.5) is 5.82 Å². The van der Waals surface area contributed by atoms with Gasteiger partial charge in [0.2, 0.25) is 0 Å². The third kappa shape index (κ3) is 2.67. The van der Waals surface area contributed by atoms with Crippen molar-refractivity contribution in [3.63, 3.8) is 0 Å². The molecule has 0 saturated carbocycles. The Kier molecular flexibility index (Phi) is 4.09. The number of aromatic nitrogens is 2. The first-order chi connectivity index (χ1) is 9.56. The minimum atomic E-state index is 0.202. The van der Waals surface area contributed by atoms with E-state index in [0.717, 1.165) is 17.7 Å². The summed E-state index contributed by atoms with van der Waals surface area (Å²) >= 11 is 0. The zero-order valence-electron chi connectivity index (χ0n) is 12.2. The average Bonchev–Trinajstić information content (AvgIpc) is 2.74. The molecule has 0 radical (unpaired) electrons. The normalized spacial score (nSPS) is 12.1. The first kappa shape index (κ1) is 14.1. The summed E-state index contributed by atoms with van der Waals surface area (Å²) in [7, 11) is 0. The number of anilines is 1. The van der Waals surface area contributed by atoms with Crippen LogP contribution < -0.4 is 5.73 Å². The molecule has 4 nitrogen and oxygen atoms in total. The van der Waals surface area contributed by atoms with Crippen LogP contribution >= 0.6 is 0 Å². The third-order valence-corrected chi connectivity index (χ3v) is 3.59. The molecule has 1 aromatic heterocycles. The molecule has 1 heterocycles. The lowest BCUT2D eigenvalue weighted by Crippen LogP contribution is -2.09. The Balaban J connectivity index is 2.39. The van der Waals surface area contributed by atoms with Crippen molar-refractivity contribution in [2.45, 2.75) is 39.7 Å². The van der Waals surface area contributed by atoms with Crippen LogP contribution in [0.3, 0.4) is 0 Å². The van der Waals surface area contributed by atoms with Gasteiger partial charge in [0.15, 0.2) is 0 Å². The largest absolute Gasteiger partial charge is 0.383 e. The topological polar surface area (TPSA) is 67.6 Å². The fourth-order valence-electron chi connectivity index (χ4n) is 2.27. The van der Waals surface area contributed by atoms with E-state index in [-0.39, 0.29) is 6.04 Å². The van der Waals surface area contributed by atoms with Gasteiger partial charge in [-0.3, -0.25) is 0 Å². The lowest BCUT2D eigenvalue weighted by atomic mass is 10.1. The van der Waals surface area contributed by atoms with E-state index in [1.165, 1.54) is 5.56 Å². The fraction of sp³-hybridized carbons (Fsp3) is 0.375. The van der Waals surface area contributed by atoms with Crippen LogP contribution in [0.5, 0.6) is 0 Å². The van der Waals surface area contributed by atoms with Crippen LogP contribution in [0.2, 0.25) is 0 Å². The smallest absolute Gasteiger partial charge is 0.140 e. The SMILES string of the molecule is CC[C@H](C)n1nc(Cc2cccc(C)c2)c(C#N)c1N. The Morgan fingerprint density at radius 2 is 2.20 bits per heavy atom. The molecule has 2 N–H and O–H groups in total. The van der Waals surface area contributed by atoms with Crippen LogP contribution in [0.25, 0.3) is 0 Å². The quantitative estimate of drug-likeness (QED) is 0.925. The number of nitrogen functional groups attached to an aromatic ring is 1. The Labute approximate surface area is 119 Å². The van der Waals surface area contributed by atoms with Gasteiger partial charge in [0, 0.05) is 6.42 Å². The van der Waals surface area contributed by atoms with Crippen molar-refractivity contribution in [2.75, 3.05) is 5.73 Å². The second-order valence-electron chi connectivity index (χ2n) is 5.19. The molecule has 0 aliphatic carbocycles. The van der Waals surface area contributed by atoms with Crippen LogP contribution in [0.15, 0.2) is 24.3 Å². The van der Waals surface area contributed by atoms with E-state index < -0.39 is 0 Å². The van der Waals surface area contributed by atoms with Crippen molar-refractivity contribution in [1.29, 1.82) is 5.26 Å². The van der Waals surface area contributed by atoms with Crippen LogP contribution in [-0.4, -0.2) is 9.78 Å². The number of hydrogen-bond acceptors (Lipinski definition) is 3. The van der Waals surface area contributed by atoms with Gasteiger partial charge in [0.05, 0.1) is 11.7 Å². The molecular weight excluding hydrogens is 248 g/mol. The molecule has 1 atom stereocenters. The minimum absolute atomic E-state index is 0.202. The summed E-state index contributed by atoms with van der Waals surface area (Å²) in [6.45, 7) is 6.19. The second-order valence-corrected chi connectivity index (χ2v) is 5.19. The summed E-state index contributed by atoms with van der Waals surface area (Å²) in [5.41, 5.74) is 9.67. The number of aryl methyl sites for hydroxylation is 1. The molecule has 0 saturated heterocycles. The van der Waals surface area contributed by atoms with E-state index >= 15 is 0 Å². The number of nitriles is 1. The predicted molar refractivity (Wildman–Crippen MR) is 80.3 cm³/mol. The molecule has 0 aliphatic heterocycles. The predicted octanol–water partition coefficient (Wildman–Crippen LogP) is 3.21. The van der Waals surface area contributed by atoms with Gasteiger partial charge >= 0.3 is 0 Å². The van der Waals surface area contributed by atoms with E-state index in [1.54, 1.807) is 4.68 Å². The molecule has 0 unspecified atom stereocenters. The van der Waals surface area contributed by atoms with Crippen molar-refractivity contribution < 1.29 is 0 Å². The highest BCUT2D eigenvalue weighted by atomic mass is 15.3. The monoisotopic (exact) mass is 268 g/mol. The fourth-order valence-corrected chi connectivity index (χ4v) is 2.27. The molecule has 0 aliphatic rings. The van der Waals surface area contributed by atoms with Crippen LogP contribution in [-0.2, 0) is 6.42 Å². The molecular formula is C16H20N4. The molecule has 4 heteroatoms. The van der Waals surface area contributed by atoms with Gasteiger partial charge in [-0.25, -0.2) is 4.68 Å². The maximum atomic E-state index is 9.32. The molecule has 2 rings (SSSR count). The molecule has 1 aromatic carbocycles. The lowest BCUT2D eigenvalue weighted by molar-refractivity contribution is 0.481. The van der Waals surface area contributed by atoms with E-state index in [0.29, 0.717) is 17.8 Å². The number of nitrogens with zero attached hydrogens (tertiary/aromatic N) is 3. The summed E-state index contributed by atoms with van der Waals surface area (Å²) in [5.74, 6) is 0.476. The second kappa shape index (κ2) is 5.79. The summed E-state index contributed by atoms with van der Waals surface area (Å²) in [6.07, 6.45) is 1.57. The summed E-state index contributed by atoms with van der Waals surface area (Å²) in [4.78, 5) is 0. The van der Waals surface area contributed by atoms with Crippen molar-refractivity contribution in [1.82, 2.24) is 9.78 Å².